The highest BCUT2D eigenvalue weighted by molar-refractivity contribution is 5.29. The van der Waals surface area contributed by atoms with Gasteiger partial charge in [0.25, 0.3) is 0 Å². The molecule has 1 aromatic rings. The van der Waals surface area contributed by atoms with E-state index in [1.165, 1.54) is 13.2 Å². The number of halogens is 2. The van der Waals surface area contributed by atoms with Crippen molar-refractivity contribution >= 4 is 0 Å². The Kier molecular flexibility index (Phi) is 2.60. The van der Waals surface area contributed by atoms with Crippen molar-refractivity contribution in [2.75, 3.05) is 7.11 Å². The Hall–Kier alpha value is -1.16. The summed E-state index contributed by atoms with van der Waals surface area (Å²) in [6.45, 7) is 0. The molecule has 1 N–H and O–H groups in total. The first-order valence-corrected chi connectivity index (χ1v) is 3.30. The van der Waals surface area contributed by atoms with Gasteiger partial charge in [0, 0.05) is 11.6 Å². The Morgan fingerprint density at radius 2 is 2.17 bits per heavy atom. The molecule has 2 nitrogen and oxygen atoms in total. The van der Waals surface area contributed by atoms with Gasteiger partial charge in [-0.25, -0.2) is 8.78 Å². The minimum absolute atomic E-state index is 0.289. The number of ether oxygens (including phenoxy) is 1. The second-order valence-corrected chi connectivity index (χ2v) is 2.22. The number of aliphatic hydroxyl groups is 1. The number of benzene rings is 1. The van der Waals surface area contributed by atoms with Crippen LogP contribution in [0, 0.1) is 5.82 Å². The highest BCUT2D eigenvalue weighted by Gasteiger charge is 2.11. The highest BCUT2D eigenvalue weighted by atomic mass is 19.1. The molecular weight excluding hydrogens is 166 g/mol. The van der Waals surface area contributed by atoms with E-state index in [2.05, 4.69) is 4.74 Å². The zero-order valence-electron chi connectivity index (χ0n) is 6.42. The summed E-state index contributed by atoms with van der Waals surface area (Å²) in [7, 11) is 1.38. The van der Waals surface area contributed by atoms with Crippen molar-refractivity contribution in [3.63, 3.8) is 0 Å². The molecule has 0 amide bonds. The van der Waals surface area contributed by atoms with Gasteiger partial charge in [0.1, 0.15) is 11.6 Å². The third-order valence-electron chi connectivity index (χ3n) is 1.46. The minimum Gasteiger partial charge on any atom is -0.497 e. The van der Waals surface area contributed by atoms with Crippen molar-refractivity contribution in [1.82, 2.24) is 0 Å². The van der Waals surface area contributed by atoms with E-state index < -0.39 is 12.2 Å². The van der Waals surface area contributed by atoms with Gasteiger partial charge in [0.05, 0.1) is 7.11 Å². The van der Waals surface area contributed by atoms with Crippen LogP contribution in [0.4, 0.5) is 8.78 Å². The van der Waals surface area contributed by atoms with E-state index in [-0.39, 0.29) is 11.3 Å². The number of aliphatic hydroxyl groups excluding tert-OH is 1. The van der Waals surface area contributed by atoms with Crippen LogP contribution in [0.5, 0.6) is 5.75 Å². The molecule has 0 spiro atoms. The molecule has 1 unspecified atom stereocenters. The molecule has 1 atom stereocenters. The molecule has 0 aliphatic heterocycles. The first-order chi connectivity index (χ1) is 5.65. The van der Waals surface area contributed by atoms with Crippen molar-refractivity contribution in [2.45, 2.75) is 6.36 Å². The molecule has 0 fully saturated rings. The van der Waals surface area contributed by atoms with Gasteiger partial charge in [-0.05, 0) is 12.1 Å². The topological polar surface area (TPSA) is 29.5 Å². The van der Waals surface area contributed by atoms with Crippen molar-refractivity contribution in [2.24, 2.45) is 0 Å². The van der Waals surface area contributed by atoms with Gasteiger partial charge in [0.2, 0.25) is 6.36 Å². The lowest BCUT2D eigenvalue weighted by molar-refractivity contribution is 0.0378. The van der Waals surface area contributed by atoms with Gasteiger partial charge in [-0.15, -0.1) is 0 Å². The first kappa shape index (κ1) is 8.93. The van der Waals surface area contributed by atoms with E-state index in [1.54, 1.807) is 0 Å². The van der Waals surface area contributed by atoms with Crippen LogP contribution in [0.3, 0.4) is 0 Å². The van der Waals surface area contributed by atoms with Gasteiger partial charge in [-0.1, -0.05) is 0 Å². The monoisotopic (exact) mass is 174 g/mol. The van der Waals surface area contributed by atoms with Crippen LogP contribution >= 0.6 is 0 Å². The predicted octanol–water partition coefficient (Wildman–Crippen LogP) is 1.79. The predicted molar refractivity (Wildman–Crippen MR) is 39.0 cm³/mol. The molecule has 1 rings (SSSR count). The molecule has 4 heteroatoms. The second kappa shape index (κ2) is 3.49. The average Bonchev–Trinajstić information content (AvgIpc) is 2.03. The SMILES string of the molecule is COc1ccc(C(O)F)c(F)c1. The van der Waals surface area contributed by atoms with E-state index in [0.717, 1.165) is 12.1 Å². The fraction of sp³-hybridized carbons (Fsp3) is 0.250. The number of rotatable bonds is 2. The maximum Gasteiger partial charge on any atom is 0.225 e. The van der Waals surface area contributed by atoms with Crippen molar-refractivity contribution in [1.29, 1.82) is 0 Å². The van der Waals surface area contributed by atoms with Gasteiger partial charge in [-0.2, -0.15) is 0 Å². The summed E-state index contributed by atoms with van der Waals surface area (Å²) in [6.07, 6.45) is -2.28. The lowest BCUT2D eigenvalue weighted by Gasteiger charge is -2.04. The number of hydrogen-bond acceptors (Lipinski definition) is 2. The summed E-state index contributed by atoms with van der Waals surface area (Å²) in [5, 5.41) is 8.42. The van der Waals surface area contributed by atoms with Crippen LogP contribution in [0.25, 0.3) is 0 Å². The summed E-state index contributed by atoms with van der Waals surface area (Å²) in [5.41, 5.74) is -0.379. The zero-order valence-corrected chi connectivity index (χ0v) is 6.42. The first-order valence-electron chi connectivity index (χ1n) is 3.30. The fourth-order valence-corrected chi connectivity index (χ4v) is 0.828. The van der Waals surface area contributed by atoms with Crippen LogP contribution in [-0.2, 0) is 0 Å². The van der Waals surface area contributed by atoms with Crippen LogP contribution in [0.15, 0.2) is 18.2 Å². The Labute approximate surface area is 68.4 Å². The molecule has 12 heavy (non-hydrogen) atoms. The number of alkyl halides is 1. The summed E-state index contributed by atoms with van der Waals surface area (Å²) >= 11 is 0. The maximum atomic E-state index is 12.8. The Morgan fingerprint density at radius 3 is 2.58 bits per heavy atom. The molecule has 0 radical (unpaired) electrons. The van der Waals surface area contributed by atoms with E-state index in [4.69, 9.17) is 5.11 Å². The molecule has 0 saturated heterocycles. The molecule has 66 valence electrons. The highest BCUT2D eigenvalue weighted by Crippen LogP contribution is 2.22. The van der Waals surface area contributed by atoms with Crippen LogP contribution < -0.4 is 4.74 Å². The molecule has 0 heterocycles. The van der Waals surface area contributed by atoms with Gasteiger partial charge in [0.15, 0.2) is 0 Å². The maximum absolute atomic E-state index is 12.8. The Morgan fingerprint density at radius 1 is 1.50 bits per heavy atom. The smallest absolute Gasteiger partial charge is 0.225 e. The molecule has 0 bridgehead atoms. The molecule has 0 aromatic heterocycles. The average molecular weight is 174 g/mol. The standard InChI is InChI=1S/C8H8F2O2/c1-12-5-2-3-6(8(10)11)7(9)4-5/h2-4,8,11H,1H3. The molecular formula is C8H8F2O2. The van der Waals surface area contributed by atoms with E-state index in [0.29, 0.717) is 0 Å². The Balaban J connectivity index is 3.03. The van der Waals surface area contributed by atoms with Gasteiger partial charge < -0.3 is 9.84 Å². The lowest BCUT2D eigenvalue weighted by atomic mass is 10.2. The number of hydrogen-bond donors (Lipinski definition) is 1. The molecule has 0 saturated carbocycles. The molecule has 1 aromatic carbocycles. The summed E-state index contributed by atoms with van der Waals surface area (Å²) < 4.78 is 29.7. The van der Waals surface area contributed by atoms with Crippen LogP contribution in [-0.4, -0.2) is 12.2 Å². The van der Waals surface area contributed by atoms with Crippen molar-refractivity contribution in [3.05, 3.63) is 29.6 Å². The number of methoxy groups -OCH3 is 1. The largest absolute Gasteiger partial charge is 0.497 e. The van der Waals surface area contributed by atoms with Crippen molar-refractivity contribution < 1.29 is 18.6 Å². The zero-order chi connectivity index (χ0) is 9.14. The van der Waals surface area contributed by atoms with Crippen molar-refractivity contribution in [3.8, 4) is 5.75 Å². The van der Waals surface area contributed by atoms with E-state index in [1.807, 2.05) is 0 Å². The second-order valence-electron chi connectivity index (χ2n) is 2.22. The quantitative estimate of drug-likeness (QED) is 0.740. The summed E-state index contributed by atoms with van der Waals surface area (Å²) in [5.74, 6) is -0.527. The lowest BCUT2D eigenvalue weighted by Crippen LogP contribution is -1.94. The third-order valence-corrected chi connectivity index (χ3v) is 1.46. The third kappa shape index (κ3) is 1.71. The van der Waals surface area contributed by atoms with Crippen LogP contribution in [0.1, 0.15) is 11.9 Å². The normalized spacial score (nSPS) is 12.7. The van der Waals surface area contributed by atoms with E-state index in [9.17, 15) is 8.78 Å². The minimum atomic E-state index is -2.28. The van der Waals surface area contributed by atoms with Gasteiger partial charge in [-0.3, -0.25) is 0 Å². The summed E-state index contributed by atoms with van der Waals surface area (Å²) in [4.78, 5) is 0. The van der Waals surface area contributed by atoms with Gasteiger partial charge >= 0.3 is 0 Å². The van der Waals surface area contributed by atoms with Crippen LogP contribution in [0.2, 0.25) is 0 Å². The van der Waals surface area contributed by atoms with E-state index >= 15 is 0 Å². The Bertz CT molecular complexity index is 274. The molecule has 0 aliphatic carbocycles. The summed E-state index contributed by atoms with van der Waals surface area (Å²) in [6, 6.07) is 3.53. The fourth-order valence-electron chi connectivity index (χ4n) is 0.828. The molecule has 0 aliphatic rings.